The van der Waals surface area contributed by atoms with E-state index in [0.717, 1.165) is 11.7 Å². The van der Waals surface area contributed by atoms with Crippen LogP contribution in [0.3, 0.4) is 0 Å². The highest BCUT2D eigenvalue weighted by Gasteiger charge is 2.12. The first kappa shape index (κ1) is 11.0. The third-order valence-corrected chi connectivity index (χ3v) is 4.02. The second-order valence-corrected chi connectivity index (χ2v) is 5.11. The van der Waals surface area contributed by atoms with E-state index < -0.39 is 0 Å². The van der Waals surface area contributed by atoms with Gasteiger partial charge in [0, 0.05) is 18.1 Å². The normalized spacial score (nSPS) is 21.5. The molecule has 1 fully saturated rings. The van der Waals surface area contributed by atoms with Crippen LogP contribution in [0.1, 0.15) is 18.4 Å². The quantitative estimate of drug-likeness (QED) is 0.846. The zero-order chi connectivity index (χ0) is 10.3. The van der Waals surface area contributed by atoms with Gasteiger partial charge in [-0.3, -0.25) is 4.98 Å². The number of aromatic nitrogens is 1. The van der Waals surface area contributed by atoms with Crippen molar-refractivity contribution < 1.29 is 0 Å². The predicted octanol–water partition coefficient (Wildman–Crippen LogP) is 2.31. The number of nitrogens with one attached hydrogen (secondary N) is 1. The summed E-state index contributed by atoms with van der Waals surface area (Å²) in [5.41, 5.74) is 1.39. The first-order valence-electron chi connectivity index (χ1n) is 5.62. The zero-order valence-corrected chi connectivity index (χ0v) is 9.80. The van der Waals surface area contributed by atoms with Crippen LogP contribution in [-0.2, 0) is 5.75 Å². The van der Waals surface area contributed by atoms with Crippen LogP contribution in [0.5, 0.6) is 0 Å². The van der Waals surface area contributed by atoms with E-state index in [9.17, 15) is 0 Å². The summed E-state index contributed by atoms with van der Waals surface area (Å²) in [6.07, 6.45) is 6.49. The van der Waals surface area contributed by atoms with Crippen molar-refractivity contribution in [3.8, 4) is 0 Å². The lowest BCUT2D eigenvalue weighted by Crippen LogP contribution is -2.30. The molecule has 0 aliphatic carbocycles. The van der Waals surface area contributed by atoms with Gasteiger partial charge in [0.2, 0.25) is 0 Å². The number of hydrogen-bond donors (Lipinski definition) is 1. The fourth-order valence-corrected chi connectivity index (χ4v) is 3.05. The molecular weight excluding hydrogens is 204 g/mol. The summed E-state index contributed by atoms with van der Waals surface area (Å²) in [5, 5.41) is 3.46. The standard InChI is InChI=1S/C12H18N2S/c1-2-12(8-14-5-1)10-15-9-11-3-6-13-7-4-11/h3-4,6-7,12,14H,1-2,5,8-10H2/t12-/m1/s1. The van der Waals surface area contributed by atoms with Gasteiger partial charge in [0.25, 0.3) is 0 Å². The van der Waals surface area contributed by atoms with Gasteiger partial charge in [0.1, 0.15) is 0 Å². The van der Waals surface area contributed by atoms with Crippen molar-refractivity contribution in [2.75, 3.05) is 18.8 Å². The van der Waals surface area contributed by atoms with Crippen molar-refractivity contribution in [1.82, 2.24) is 10.3 Å². The van der Waals surface area contributed by atoms with Gasteiger partial charge in [-0.1, -0.05) is 0 Å². The Kier molecular flexibility index (Phi) is 4.48. The fourth-order valence-electron chi connectivity index (χ4n) is 1.89. The number of hydrogen-bond acceptors (Lipinski definition) is 3. The Bertz CT molecular complexity index is 270. The Morgan fingerprint density at radius 2 is 2.27 bits per heavy atom. The molecule has 0 radical (unpaired) electrons. The SMILES string of the molecule is c1cc(CSC[C@@H]2CCCNC2)ccn1. The van der Waals surface area contributed by atoms with E-state index in [1.165, 1.54) is 37.2 Å². The molecule has 1 atom stereocenters. The highest BCUT2D eigenvalue weighted by molar-refractivity contribution is 7.98. The third-order valence-electron chi connectivity index (χ3n) is 2.77. The van der Waals surface area contributed by atoms with Gasteiger partial charge in [0.15, 0.2) is 0 Å². The van der Waals surface area contributed by atoms with Gasteiger partial charge in [-0.15, -0.1) is 0 Å². The molecule has 1 aliphatic rings. The summed E-state index contributed by atoms with van der Waals surface area (Å²) in [6, 6.07) is 4.21. The molecule has 15 heavy (non-hydrogen) atoms. The molecule has 0 aromatic carbocycles. The lowest BCUT2D eigenvalue weighted by molar-refractivity contribution is 0.410. The predicted molar refractivity (Wildman–Crippen MR) is 66.0 cm³/mol. The maximum Gasteiger partial charge on any atom is 0.0270 e. The lowest BCUT2D eigenvalue weighted by atomic mass is 10.0. The van der Waals surface area contributed by atoms with Gasteiger partial charge < -0.3 is 5.32 Å². The summed E-state index contributed by atoms with van der Waals surface area (Å²) in [5.74, 6) is 3.29. The molecule has 1 N–H and O–H groups in total. The second-order valence-electron chi connectivity index (χ2n) is 4.08. The van der Waals surface area contributed by atoms with Gasteiger partial charge in [-0.2, -0.15) is 11.8 Å². The molecule has 0 spiro atoms. The third kappa shape index (κ3) is 3.84. The Morgan fingerprint density at radius 3 is 3.00 bits per heavy atom. The van der Waals surface area contributed by atoms with Crippen molar-refractivity contribution in [2.24, 2.45) is 5.92 Å². The van der Waals surface area contributed by atoms with Crippen LogP contribution in [0, 0.1) is 5.92 Å². The second kappa shape index (κ2) is 6.13. The summed E-state index contributed by atoms with van der Waals surface area (Å²) in [7, 11) is 0. The van der Waals surface area contributed by atoms with E-state index in [2.05, 4.69) is 22.4 Å². The fraction of sp³-hybridized carbons (Fsp3) is 0.583. The van der Waals surface area contributed by atoms with Crippen LogP contribution >= 0.6 is 11.8 Å². The Balaban J connectivity index is 1.66. The Hall–Kier alpha value is -0.540. The zero-order valence-electron chi connectivity index (χ0n) is 8.98. The molecule has 1 saturated heterocycles. The van der Waals surface area contributed by atoms with E-state index in [1.807, 2.05) is 24.2 Å². The van der Waals surface area contributed by atoms with Crippen LogP contribution in [0.4, 0.5) is 0 Å². The molecule has 0 bridgehead atoms. The lowest BCUT2D eigenvalue weighted by Gasteiger charge is -2.22. The summed E-state index contributed by atoms with van der Waals surface area (Å²) >= 11 is 2.05. The molecule has 1 aromatic heterocycles. The molecule has 3 heteroatoms. The minimum absolute atomic E-state index is 0.880. The highest BCUT2D eigenvalue weighted by Crippen LogP contribution is 2.19. The minimum atomic E-state index is 0.880. The molecule has 2 nitrogen and oxygen atoms in total. The number of nitrogens with zero attached hydrogens (tertiary/aromatic N) is 1. The van der Waals surface area contributed by atoms with Crippen LogP contribution in [0.25, 0.3) is 0 Å². The van der Waals surface area contributed by atoms with Gasteiger partial charge in [-0.25, -0.2) is 0 Å². The van der Waals surface area contributed by atoms with Crippen molar-refractivity contribution in [3.63, 3.8) is 0 Å². The van der Waals surface area contributed by atoms with Crippen molar-refractivity contribution >= 4 is 11.8 Å². The number of thioether (sulfide) groups is 1. The first-order chi connectivity index (χ1) is 7.45. The highest BCUT2D eigenvalue weighted by atomic mass is 32.2. The van der Waals surface area contributed by atoms with E-state index in [-0.39, 0.29) is 0 Å². The number of pyridine rings is 1. The first-order valence-corrected chi connectivity index (χ1v) is 6.78. The smallest absolute Gasteiger partial charge is 0.0270 e. The largest absolute Gasteiger partial charge is 0.316 e. The summed E-state index contributed by atoms with van der Waals surface area (Å²) in [6.45, 7) is 2.43. The number of rotatable bonds is 4. The van der Waals surface area contributed by atoms with E-state index in [1.54, 1.807) is 0 Å². The molecule has 2 rings (SSSR count). The Labute approximate surface area is 95.9 Å². The van der Waals surface area contributed by atoms with Gasteiger partial charge >= 0.3 is 0 Å². The van der Waals surface area contributed by atoms with E-state index >= 15 is 0 Å². The van der Waals surface area contributed by atoms with Gasteiger partial charge in [0.05, 0.1) is 0 Å². The molecule has 1 aromatic rings. The van der Waals surface area contributed by atoms with Crippen molar-refractivity contribution in [2.45, 2.75) is 18.6 Å². The van der Waals surface area contributed by atoms with Crippen LogP contribution in [0.2, 0.25) is 0 Å². The topological polar surface area (TPSA) is 24.9 Å². The maximum atomic E-state index is 4.02. The maximum absolute atomic E-state index is 4.02. The van der Waals surface area contributed by atoms with Crippen molar-refractivity contribution in [3.05, 3.63) is 30.1 Å². The summed E-state index contributed by atoms with van der Waals surface area (Å²) < 4.78 is 0. The molecule has 2 heterocycles. The summed E-state index contributed by atoms with van der Waals surface area (Å²) in [4.78, 5) is 4.02. The molecule has 0 saturated carbocycles. The molecule has 82 valence electrons. The van der Waals surface area contributed by atoms with Crippen LogP contribution in [0.15, 0.2) is 24.5 Å². The molecule has 0 unspecified atom stereocenters. The molecular formula is C12H18N2S. The average Bonchev–Trinajstić information content (AvgIpc) is 2.32. The monoisotopic (exact) mass is 222 g/mol. The van der Waals surface area contributed by atoms with Crippen LogP contribution < -0.4 is 5.32 Å². The number of piperidine rings is 1. The van der Waals surface area contributed by atoms with Gasteiger partial charge in [-0.05, 0) is 55.3 Å². The van der Waals surface area contributed by atoms with Crippen molar-refractivity contribution in [1.29, 1.82) is 0 Å². The molecule has 0 amide bonds. The van der Waals surface area contributed by atoms with Crippen LogP contribution in [-0.4, -0.2) is 23.8 Å². The molecule has 1 aliphatic heterocycles. The Morgan fingerprint density at radius 1 is 1.40 bits per heavy atom. The van der Waals surface area contributed by atoms with E-state index in [4.69, 9.17) is 0 Å². The average molecular weight is 222 g/mol. The van der Waals surface area contributed by atoms with E-state index in [0.29, 0.717) is 0 Å². The minimum Gasteiger partial charge on any atom is -0.316 e.